The van der Waals surface area contributed by atoms with Gasteiger partial charge in [0, 0.05) is 10.7 Å². The molecular formula is C16H14Cl2N2O5S. The number of nitrogens with one attached hydrogen (secondary N) is 1. The summed E-state index contributed by atoms with van der Waals surface area (Å²) in [7, 11) is -3.82. The molecular weight excluding hydrogens is 403 g/mol. The van der Waals surface area contributed by atoms with Crippen LogP contribution in [-0.4, -0.2) is 26.4 Å². The average molecular weight is 417 g/mol. The van der Waals surface area contributed by atoms with Crippen LogP contribution in [0.5, 0.6) is 0 Å². The zero-order chi connectivity index (χ0) is 19.5. The highest BCUT2D eigenvalue weighted by Crippen LogP contribution is 2.22. The maximum absolute atomic E-state index is 12.1. The van der Waals surface area contributed by atoms with Crippen LogP contribution in [-0.2, 0) is 19.6 Å². The Morgan fingerprint density at radius 1 is 1.12 bits per heavy atom. The van der Waals surface area contributed by atoms with E-state index in [9.17, 15) is 18.0 Å². The molecule has 2 rings (SSSR count). The van der Waals surface area contributed by atoms with Crippen LogP contribution < -0.4 is 10.5 Å². The zero-order valence-electron chi connectivity index (χ0n) is 13.4. The quantitative estimate of drug-likeness (QED) is 0.726. The van der Waals surface area contributed by atoms with Crippen molar-refractivity contribution in [2.45, 2.75) is 17.9 Å². The number of amides is 1. The molecule has 0 aromatic heterocycles. The van der Waals surface area contributed by atoms with Crippen LogP contribution in [0.4, 0.5) is 5.69 Å². The lowest BCUT2D eigenvalue weighted by Crippen LogP contribution is -2.30. The normalized spacial score (nSPS) is 12.3. The van der Waals surface area contributed by atoms with E-state index in [1.165, 1.54) is 49.4 Å². The van der Waals surface area contributed by atoms with Gasteiger partial charge in [-0.05, 0) is 49.4 Å². The summed E-state index contributed by atoms with van der Waals surface area (Å²) in [5, 5.41) is 7.96. The van der Waals surface area contributed by atoms with Crippen molar-refractivity contribution in [3.63, 3.8) is 0 Å². The predicted octanol–water partition coefficient (Wildman–Crippen LogP) is 2.82. The summed E-state index contributed by atoms with van der Waals surface area (Å²) in [6, 6.07) is 9.47. The molecule has 0 saturated carbocycles. The Labute approximate surface area is 160 Å². The fourth-order valence-electron chi connectivity index (χ4n) is 1.90. The number of ether oxygens (including phenoxy) is 1. The van der Waals surface area contributed by atoms with Crippen LogP contribution in [0.1, 0.15) is 17.3 Å². The van der Waals surface area contributed by atoms with Crippen molar-refractivity contribution in [3.8, 4) is 0 Å². The molecule has 0 aliphatic heterocycles. The van der Waals surface area contributed by atoms with Crippen LogP contribution in [0.25, 0.3) is 0 Å². The number of carbonyl (C=O) groups excluding carboxylic acids is 2. The minimum absolute atomic E-state index is 0.0771. The van der Waals surface area contributed by atoms with Gasteiger partial charge in [0.25, 0.3) is 5.91 Å². The lowest BCUT2D eigenvalue weighted by Gasteiger charge is -2.14. The van der Waals surface area contributed by atoms with E-state index in [4.69, 9.17) is 33.1 Å². The van der Waals surface area contributed by atoms with Crippen molar-refractivity contribution in [3.05, 3.63) is 58.1 Å². The monoisotopic (exact) mass is 416 g/mol. The molecule has 7 nitrogen and oxygen atoms in total. The maximum atomic E-state index is 12.1. The van der Waals surface area contributed by atoms with Gasteiger partial charge in [-0.3, -0.25) is 4.79 Å². The van der Waals surface area contributed by atoms with Crippen molar-refractivity contribution in [2.24, 2.45) is 5.14 Å². The molecule has 0 radical (unpaired) electrons. The SMILES string of the molecule is C[C@@H](OC(=O)c1ccc(Cl)cc1Cl)C(=O)Nc1ccc(S(N)(=O)=O)cc1. The third-order valence-electron chi connectivity index (χ3n) is 3.25. The summed E-state index contributed by atoms with van der Waals surface area (Å²) < 4.78 is 27.5. The molecule has 0 aliphatic carbocycles. The highest BCUT2D eigenvalue weighted by Gasteiger charge is 2.21. The van der Waals surface area contributed by atoms with Crippen LogP contribution in [0.3, 0.4) is 0 Å². The highest BCUT2D eigenvalue weighted by atomic mass is 35.5. The summed E-state index contributed by atoms with van der Waals surface area (Å²) in [5.74, 6) is -1.38. The molecule has 138 valence electrons. The number of carbonyl (C=O) groups is 2. The van der Waals surface area contributed by atoms with Gasteiger partial charge in [-0.1, -0.05) is 23.2 Å². The summed E-state index contributed by atoms with van der Waals surface area (Å²) in [6.07, 6.45) is -1.12. The van der Waals surface area contributed by atoms with Crippen molar-refractivity contribution >= 4 is 50.8 Å². The van der Waals surface area contributed by atoms with E-state index in [0.29, 0.717) is 10.7 Å². The fourth-order valence-corrected chi connectivity index (χ4v) is 2.91. The van der Waals surface area contributed by atoms with E-state index >= 15 is 0 Å². The maximum Gasteiger partial charge on any atom is 0.340 e. The zero-order valence-corrected chi connectivity index (χ0v) is 15.7. The molecule has 0 saturated heterocycles. The number of esters is 1. The first-order valence-electron chi connectivity index (χ1n) is 7.17. The Morgan fingerprint density at radius 2 is 1.73 bits per heavy atom. The Morgan fingerprint density at radius 3 is 2.27 bits per heavy atom. The first-order chi connectivity index (χ1) is 12.1. The molecule has 0 bridgehead atoms. The second-order valence-electron chi connectivity index (χ2n) is 5.23. The van der Waals surface area contributed by atoms with Gasteiger partial charge in [0.2, 0.25) is 10.0 Å². The standard InChI is InChI=1S/C16H14Cl2N2O5S/c1-9(25-16(22)13-7-2-10(17)8-14(13)18)15(21)20-11-3-5-12(6-4-11)26(19,23)24/h2-9H,1H3,(H,20,21)(H2,19,23,24)/t9-/m1/s1. The summed E-state index contributed by atoms with van der Waals surface area (Å²) in [6.45, 7) is 1.38. The largest absolute Gasteiger partial charge is 0.449 e. The molecule has 1 amide bonds. The molecule has 3 N–H and O–H groups in total. The van der Waals surface area contributed by atoms with Crippen LogP contribution in [0, 0.1) is 0 Å². The van der Waals surface area contributed by atoms with Gasteiger partial charge in [-0.2, -0.15) is 0 Å². The smallest absolute Gasteiger partial charge is 0.340 e. The van der Waals surface area contributed by atoms with E-state index in [1.807, 2.05) is 0 Å². The molecule has 10 heteroatoms. The second-order valence-corrected chi connectivity index (χ2v) is 7.64. The van der Waals surface area contributed by atoms with Crippen LogP contribution >= 0.6 is 23.2 Å². The third-order valence-corrected chi connectivity index (χ3v) is 4.73. The Hall–Kier alpha value is -2.13. The van der Waals surface area contributed by atoms with E-state index in [1.54, 1.807) is 0 Å². The average Bonchev–Trinajstić information content (AvgIpc) is 2.54. The third kappa shape index (κ3) is 5.18. The molecule has 0 fully saturated rings. The van der Waals surface area contributed by atoms with Gasteiger partial charge in [0.05, 0.1) is 15.5 Å². The Kier molecular flexibility index (Phi) is 6.25. The first kappa shape index (κ1) is 20.2. The molecule has 0 heterocycles. The second kappa shape index (κ2) is 8.05. The molecule has 0 aliphatic rings. The van der Waals surface area contributed by atoms with Gasteiger partial charge in [0.1, 0.15) is 0 Å². The molecule has 1 atom stereocenters. The number of rotatable bonds is 5. The number of nitrogens with two attached hydrogens (primary N) is 1. The molecule has 26 heavy (non-hydrogen) atoms. The van der Waals surface area contributed by atoms with E-state index < -0.39 is 28.0 Å². The number of primary sulfonamides is 1. The Balaban J connectivity index is 2.02. The topological polar surface area (TPSA) is 116 Å². The van der Waals surface area contributed by atoms with Crippen LogP contribution in [0.15, 0.2) is 47.4 Å². The van der Waals surface area contributed by atoms with Crippen molar-refractivity contribution in [2.75, 3.05) is 5.32 Å². The number of hydrogen-bond donors (Lipinski definition) is 2. The van der Waals surface area contributed by atoms with Gasteiger partial charge < -0.3 is 10.1 Å². The fraction of sp³-hybridized carbons (Fsp3) is 0.125. The van der Waals surface area contributed by atoms with E-state index in [2.05, 4.69) is 5.32 Å². The number of hydrogen-bond acceptors (Lipinski definition) is 5. The van der Waals surface area contributed by atoms with Crippen LogP contribution in [0.2, 0.25) is 10.0 Å². The number of sulfonamides is 1. The van der Waals surface area contributed by atoms with E-state index in [-0.39, 0.29) is 15.5 Å². The molecule has 2 aromatic carbocycles. The first-order valence-corrected chi connectivity index (χ1v) is 9.48. The number of halogens is 2. The molecule has 0 spiro atoms. The molecule has 2 aromatic rings. The summed E-state index contributed by atoms with van der Waals surface area (Å²) >= 11 is 11.7. The molecule has 0 unspecified atom stereocenters. The highest BCUT2D eigenvalue weighted by molar-refractivity contribution is 7.89. The summed E-state index contributed by atoms with van der Waals surface area (Å²) in [5.41, 5.74) is 0.392. The minimum atomic E-state index is -3.82. The Bertz CT molecular complexity index is 946. The predicted molar refractivity (Wildman–Crippen MR) is 97.8 cm³/mol. The van der Waals surface area contributed by atoms with E-state index in [0.717, 1.165) is 0 Å². The number of benzene rings is 2. The van der Waals surface area contributed by atoms with Gasteiger partial charge >= 0.3 is 5.97 Å². The lowest BCUT2D eigenvalue weighted by molar-refractivity contribution is -0.123. The van der Waals surface area contributed by atoms with Crippen molar-refractivity contribution in [1.29, 1.82) is 0 Å². The summed E-state index contributed by atoms with van der Waals surface area (Å²) in [4.78, 5) is 24.1. The minimum Gasteiger partial charge on any atom is -0.449 e. The van der Waals surface area contributed by atoms with Gasteiger partial charge in [0.15, 0.2) is 6.10 Å². The lowest BCUT2D eigenvalue weighted by atomic mass is 10.2. The van der Waals surface area contributed by atoms with Crippen molar-refractivity contribution in [1.82, 2.24) is 0 Å². The van der Waals surface area contributed by atoms with Gasteiger partial charge in [-0.15, -0.1) is 0 Å². The van der Waals surface area contributed by atoms with Crippen molar-refractivity contribution < 1.29 is 22.7 Å². The van der Waals surface area contributed by atoms with Gasteiger partial charge in [-0.25, -0.2) is 18.4 Å². The number of anilines is 1.